The number of benzene rings is 2. The van der Waals surface area contributed by atoms with Gasteiger partial charge in [-0.15, -0.1) is 0 Å². The molecule has 30 heavy (non-hydrogen) atoms. The maximum Gasteiger partial charge on any atom is 0.387 e. The number of carbonyl (C=O) groups excluding carboxylic acids is 1. The molecule has 1 amide bonds. The van der Waals surface area contributed by atoms with Gasteiger partial charge in [0.1, 0.15) is 11.5 Å². The molecule has 0 radical (unpaired) electrons. The van der Waals surface area contributed by atoms with E-state index in [1.807, 2.05) is 19.1 Å². The highest BCUT2D eigenvalue weighted by atomic mass is 19.3. The Labute approximate surface area is 174 Å². The Morgan fingerprint density at radius 2 is 1.87 bits per heavy atom. The van der Waals surface area contributed by atoms with E-state index in [9.17, 15) is 13.6 Å². The van der Waals surface area contributed by atoms with E-state index < -0.39 is 6.61 Å². The monoisotopic (exact) mass is 420 g/mol. The number of aliphatic imine (C=N–C) groups is 1. The number of methoxy groups -OCH3 is 1. The molecule has 0 aliphatic carbocycles. The van der Waals surface area contributed by atoms with E-state index >= 15 is 0 Å². The van der Waals surface area contributed by atoms with Crippen LogP contribution in [0.3, 0.4) is 0 Å². The van der Waals surface area contributed by atoms with Crippen LogP contribution in [-0.2, 0) is 13.1 Å². The second-order valence-corrected chi connectivity index (χ2v) is 6.19. The quantitative estimate of drug-likeness (QED) is 0.429. The maximum absolute atomic E-state index is 12.7. The van der Waals surface area contributed by atoms with Gasteiger partial charge in [0.2, 0.25) is 0 Å². The van der Waals surface area contributed by atoms with E-state index in [0.29, 0.717) is 35.9 Å². The van der Waals surface area contributed by atoms with Crippen LogP contribution in [0.2, 0.25) is 0 Å². The molecule has 0 unspecified atom stereocenters. The van der Waals surface area contributed by atoms with Crippen molar-refractivity contribution in [3.63, 3.8) is 0 Å². The first kappa shape index (κ1) is 22.9. The number of carbonyl (C=O) groups is 1. The Balaban J connectivity index is 2.00. The summed E-state index contributed by atoms with van der Waals surface area (Å²) in [6, 6.07) is 11.8. The van der Waals surface area contributed by atoms with Gasteiger partial charge >= 0.3 is 6.61 Å². The standard InChI is InChI=1S/C21H26F2N4O3/c1-4-25-19(28)15-7-5-6-14(10-15)12-26-21(24-2)27-13-16-11-17(29-3)8-9-18(16)30-20(22)23/h5-11,20H,4,12-13H2,1-3H3,(H,25,28)(H2,24,26,27). The molecule has 9 heteroatoms. The molecule has 2 rings (SSSR count). The highest BCUT2D eigenvalue weighted by Crippen LogP contribution is 2.25. The third-order valence-corrected chi connectivity index (χ3v) is 4.14. The molecule has 3 N–H and O–H groups in total. The second-order valence-electron chi connectivity index (χ2n) is 6.19. The van der Waals surface area contributed by atoms with Gasteiger partial charge in [-0.3, -0.25) is 9.79 Å². The molecule has 0 bridgehead atoms. The van der Waals surface area contributed by atoms with Crippen molar-refractivity contribution in [2.75, 3.05) is 20.7 Å². The number of hydrogen-bond acceptors (Lipinski definition) is 4. The molecule has 0 spiro atoms. The number of ether oxygens (including phenoxy) is 2. The molecule has 0 atom stereocenters. The summed E-state index contributed by atoms with van der Waals surface area (Å²) in [6.07, 6.45) is 0. The van der Waals surface area contributed by atoms with Crippen molar-refractivity contribution in [1.29, 1.82) is 0 Å². The Hall–Kier alpha value is -3.36. The van der Waals surface area contributed by atoms with Crippen LogP contribution in [0, 0.1) is 0 Å². The number of nitrogens with one attached hydrogen (secondary N) is 3. The van der Waals surface area contributed by atoms with Crippen molar-refractivity contribution >= 4 is 11.9 Å². The maximum atomic E-state index is 12.7. The van der Waals surface area contributed by atoms with E-state index in [-0.39, 0.29) is 18.2 Å². The fourth-order valence-electron chi connectivity index (χ4n) is 2.70. The summed E-state index contributed by atoms with van der Waals surface area (Å²) in [5.41, 5.74) is 1.96. The van der Waals surface area contributed by atoms with Gasteiger partial charge in [0.05, 0.1) is 7.11 Å². The lowest BCUT2D eigenvalue weighted by Gasteiger charge is -2.15. The lowest BCUT2D eigenvalue weighted by molar-refractivity contribution is -0.0505. The van der Waals surface area contributed by atoms with Gasteiger partial charge in [-0.05, 0) is 42.8 Å². The van der Waals surface area contributed by atoms with Crippen molar-refractivity contribution in [2.45, 2.75) is 26.6 Å². The van der Waals surface area contributed by atoms with Gasteiger partial charge in [-0.1, -0.05) is 12.1 Å². The Kier molecular flexibility index (Phi) is 8.86. The number of rotatable bonds is 9. The predicted molar refractivity (Wildman–Crippen MR) is 111 cm³/mol. The first-order chi connectivity index (χ1) is 14.5. The van der Waals surface area contributed by atoms with Crippen molar-refractivity contribution in [2.24, 2.45) is 4.99 Å². The number of guanidine groups is 1. The first-order valence-corrected chi connectivity index (χ1v) is 9.40. The van der Waals surface area contributed by atoms with Gasteiger partial charge in [0.15, 0.2) is 5.96 Å². The van der Waals surface area contributed by atoms with Crippen LogP contribution in [0.15, 0.2) is 47.5 Å². The van der Waals surface area contributed by atoms with E-state index in [2.05, 4.69) is 25.7 Å². The Bertz CT molecular complexity index is 875. The number of alkyl halides is 2. The zero-order chi connectivity index (χ0) is 21.9. The molecular weight excluding hydrogens is 394 g/mol. The molecule has 0 aromatic heterocycles. The van der Waals surface area contributed by atoms with Crippen molar-refractivity contribution in [1.82, 2.24) is 16.0 Å². The van der Waals surface area contributed by atoms with E-state index in [4.69, 9.17) is 4.74 Å². The minimum absolute atomic E-state index is 0.0587. The number of amides is 1. The van der Waals surface area contributed by atoms with Crippen molar-refractivity contribution in [3.05, 3.63) is 59.2 Å². The predicted octanol–water partition coefficient (Wildman–Crippen LogP) is 2.91. The summed E-state index contributed by atoms with van der Waals surface area (Å²) in [5, 5.41) is 8.95. The van der Waals surface area contributed by atoms with Crippen LogP contribution in [0.1, 0.15) is 28.4 Å². The lowest BCUT2D eigenvalue weighted by atomic mass is 10.1. The average molecular weight is 420 g/mol. The summed E-state index contributed by atoms with van der Waals surface area (Å²) in [4.78, 5) is 16.1. The molecule has 162 valence electrons. The topological polar surface area (TPSA) is 84.0 Å². The molecule has 0 aliphatic heterocycles. The summed E-state index contributed by atoms with van der Waals surface area (Å²) < 4.78 is 35.0. The molecule has 0 saturated heterocycles. The average Bonchev–Trinajstić information content (AvgIpc) is 2.74. The summed E-state index contributed by atoms with van der Waals surface area (Å²) in [6.45, 7) is 0.105. The highest BCUT2D eigenvalue weighted by molar-refractivity contribution is 5.94. The Morgan fingerprint density at radius 3 is 2.53 bits per heavy atom. The fourth-order valence-corrected chi connectivity index (χ4v) is 2.70. The van der Waals surface area contributed by atoms with Crippen LogP contribution >= 0.6 is 0 Å². The van der Waals surface area contributed by atoms with E-state index in [1.165, 1.54) is 13.2 Å². The Morgan fingerprint density at radius 1 is 1.10 bits per heavy atom. The first-order valence-electron chi connectivity index (χ1n) is 9.40. The molecule has 0 fully saturated rings. The molecule has 0 heterocycles. The van der Waals surface area contributed by atoms with Gasteiger partial charge in [0, 0.05) is 37.8 Å². The van der Waals surface area contributed by atoms with Gasteiger partial charge in [-0.2, -0.15) is 8.78 Å². The zero-order valence-electron chi connectivity index (χ0n) is 17.2. The molecule has 0 saturated carbocycles. The molecule has 7 nitrogen and oxygen atoms in total. The molecule has 2 aromatic carbocycles. The van der Waals surface area contributed by atoms with Crippen LogP contribution in [0.25, 0.3) is 0 Å². The van der Waals surface area contributed by atoms with Crippen LogP contribution in [0.4, 0.5) is 8.78 Å². The number of halogens is 2. The smallest absolute Gasteiger partial charge is 0.387 e. The summed E-state index contributed by atoms with van der Waals surface area (Å²) in [5.74, 6) is 0.914. The van der Waals surface area contributed by atoms with Crippen molar-refractivity contribution in [3.8, 4) is 11.5 Å². The third kappa shape index (κ3) is 6.91. The van der Waals surface area contributed by atoms with Gasteiger partial charge in [-0.25, -0.2) is 0 Å². The lowest BCUT2D eigenvalue weighted by Crippen LogP contribution is -2.36. The van der Waals surface area contributed by atoms with E-state index in [1.54, 1.807) is 31.3 Å². The number of nitrogens with zero attached hydrogens (tertiary/aromatic N) is 1. The third-order valence-electron chi connectivity index (χ3n) is 4.14. The molecule has 0 aliphatic rings. The van der Waals surface area contributed by atoms with Gasteiger partial charge < -0.3 is 25.4 Å². The normalized spacial score (nSPS) is 11.2. The van der Waals surface area contributed by atoms with E-state index in [0.717, 1.165) is 5.56 Å². The van der Waals surface area contributed by atoms with Crippen molar-refractivity contribution < 1.29 is 23.0 Å². The van der Waals surface area contributed by atoms with Crippen LogP contribution in [0.5, 0.6) is 11.5 Å². The fraction of sp³-hybridized carbons (Fsp3) is 0.333. The molecular formula is C21H26F2N4O3. The molecule has 2 aromatic rings. The second kappa shape index (κ2) is 11.6. The number of hydrogen-bond donors (Lipinski definition) is 3. The SMILES string of the molecule is CCNC(=O)c1cccc(CNC(=NC)NCc2cc(OC)ccc2OC(F)F)c1. The minimum atomic E-state index is -2.92. The summed E-state index contributed by atoms with van der Waals surface area (Å²) in [7, 11) is 3.10. The largest absolute Gasteiger partial charge is 0.497 e. The highest BCUT2D eigenvalue weighted by Gasteiger charge is 2.12. The minimum Gasteiger partial charge on any atom is -0.497 e. The van der Waals surface area contributed by atoms with Gasteiger partial charge in [0.25, 0.3) is 5.91 Å². The summed E-state index contributed by atoms with van der Waals surface area (Å²) >= 11 is 0. The van der Waals surface area contributed by atoms with Crippen LogP contribution in [-0.4, -0.2) is 39.2 Å². The zero-order valence-corrected chi connectivity index (χ0v) is 17.2. The van der Waals surface area contributed by atoms with Crippen LogP contribution < -0.4 is 25.4 Å².